The van der Waals surface area contributed by atoms with Crippen molar-refractivity contribution < 1.29 is 4.74 Å². The van der Waals surface area contributed by atoms with Gasteiger partial charge < -0.3 is 10.5 Å². The highest BCUT2D eigenvalue weighted by Crippen LogP contribution is 2.40. The van der Waals surface area contributed by atoms with Crippen LogP contribution in [0.2, 0.25) is 5.02 Å². The zero-order valence-electron chi connectivity index (χ0n) is 10.1. The number of ether oxygens (including phenoxy) is 1. The Labute approximate surface area is 125 Å². The summed E-state index contributed by atoms with van der Waals surface area (Å²) in [6.07, 6.45) is 0.714. The van der Waals surface area contributed by atoms with Crippen LogP contribution in [0.4, 0.5) is 0 Å². The number of nitrogens with two attached hydrogens (primary N) is 1. The van der Waals surface area contributed by atoms with Gasteiger partial charge in [-0.25, -0.2) is 0 Å². The van der Waals surface area contributed by atoms with E-state index in [1.165, 1.54) is 0 Å². The molecule has 4 heteroatoms. The molecule has 1 unspecified atom stereocenters. The topological polar surface area (TPSA) is 35.2 Å². The van der Waals surface area contributed by atoms with Gasteiger partial charge in [0.1, 0.15) is 11.9 Å². The third kappa shape index (κ3) is 2.64. The monoisotopic (exact) mass is 337 g/mol. The number of halogens is 2. The predicted octanol–water partition coefficient (Wildman–Crippen LogP) is 4.63. The van der Waals surface area contributed by atoms with Crippen molar-refractivity contribution in [2.24, 2.45) is 5.73 Å². The van der Waals surface area contributed by atoms with Crippen LogP contribution in [0.15, 0.2) is 46.9 Å². The van der Waals surface area contributed by atoms with Gasteiger partial charge in [-0.3, -0.25) is 0 Å². The smallest absolute Gasteiger partial charge is 0.126 e. The maximum Gasteiger partial charge on any atom is 0.126 e. The van der Waals surface area contributed by atoms with Gasteiger partial charge in [-0.2, -0.15) is 0 Å². The number of hydrogen-bond donors (Lipinski definition) is 1. The highest BCUT2D eigenvalue weighted by Gasteiger charge is 2.27. The Morgan fingerprint density at radius 3 is 2.84 bits per heavy atom. The SMILES string of the molecule is N[C@H]1CC(c2cccc(Cl)c2)Oc2ccc(Br)cc21. The first-order valence-corrected chi connectivity index (χ1v) is 7.28. The molecule has 1 heterocycles. The fourth-order valence-electron chi connectivity index (χ4n) is 2.39. The van der Waals surface area contributed by atoms with Gasteiger partial charge in [0, 0.05) is 27.5 Å². The summed E-state index contributed by atoms with van der Waals surface area (Å²) in [6.45, 7) is 0. The largest absolute Gasteiger partial charge is 0.485 e. The number of benzene rings is 2. The molecule has 0 bridgehead atoms. The van der Waals surface area contributed by atoms with Crippen LogP contribution in [-0.2, 0) is 0 Å². The second kappa shape index (κ2) is 5.16. The van der Waals surface area contributed by atoms with E-state index in [-0.39, 0.29) is 12.1 Å². The lowest BCUT2D eigenvalue weighted by molar-refractivity contribution is 0.161. The summed E-state index contributed by atoms with van der Waals surface area (Å²) in [4.78, 5) is 0. The van der Waals surface area contributed by atoms with Gasteiger partial charge in [-0.1, -0.05) is 39.7 Å². The van der Waals surface area contributed by atoms with Crippen molar-refractivity contribution in [3.63, 3.8) is 0 Å². The first-order chi connectivity index (χ1) is 9.13. The molecule has 0 fully saturated rings. The maximum atomic E-state index is 6.25. The first-order valence-electron chi connectivity index (χ1n) is 6.10. The van der Waals surface area contributed by atoms with Crippen LogP contribution >= 0.6 is 27.5 Å². The standard InChI is InChI=1S/C15H13BrClNO/c16-10-4-5-14-12(7-10)13(18)8-15(19-14)9-2-1-3-11(17)6-9/h1-7,13,15H,8,18H2/t13-,15?/m0/s1. The molecule has 3 rings (SSSR count). The second-order valence-corrected chi connectivity index (χ2v) is 6.04. The summed E-state index contributed by atoms with van der Waals surface area (Å²) in [5.74, 6) is 0.854. The van der Waals surface area contributed by atoms with Gasteiger partial charge in [-0.15, -0.1) is 0 Å². The minimum atomic E-state index is -0.0395. The predicted molar refractivity (Wildman–Crippen MR) is 80.5 cm³/mol. The molecule has 0 saturated heterocycles. The van der Waals surface area contributed by atoms with Crippen molar-refractivity contribution >= 4 is 27.5 Å². The highest BCUT2D eigenvalue weighted by atomic mass is 79.9. The van der Waals surface area contributed by atoms with Crippen LogP contribution in [0.3, 0.4) is 0 Å². The summed E-state index contributed by atoms with van der Waals surface area (Å²) in [7, 11) is 0. The fraction of sp³-hybridized carbons (Fsp3) is 0.200. The van der Waals surface area contributed by atoms with E-state index in [0.29, 0.717) is 0 Å². The van der Waals surface area contributed by atoms with Gasteiger partial charge in [0.05, 0.1) is 0 Å². The molecule has 2 nitrogen and oxygen atoms in total. The maximum absolute atomic E-state index is 6.25. The molecule has 0 saturated carbocycles. The molecule has 0 radical (unpaired) electrons. The molecule has 2 N–H and O–H groups in total. The molecule has 0 amide bonds. The first kappa shape index (κ1) is 13.0. The van der Waals surface area contributed by atoms with Gasteiger partial charge in [-0.05, 0) is 35.9 Å². The van der Waals surface area contributed by atoms with Crippen molar-refractivity contribution in [3.8, 4) is 5.75 Å². The Morgan fingerprint density at radius 2 is 2.05 bits per heavy atom. The summed E-state index contributed by atoms with van der Waals surface area (Å²) in [6, 6.07) is 13.7. The molecular weight excluding hydrogens is 326 g/mol. The zero-order chi connectivity index (χ0) is 13.4. The van der Waals surface area contributed by atoms with Crippen LogP contribution in [0.25, 0.3) is 0 Å². The summed E-state index contributed by atoms with van der Waals surface area (Å²) in [5, 5.41) is 0.719. The average Bonchev–Trinajstić information content (AvgIpc) is 2.39. The van der Waals surface area contributed by atoms with E-state index in [9.17, 15) is 0 Å². The molecule has 2 atom stereocenters. The number of rotatable bonds is 1. The molecule has 0 spiro atoms. The summed E-state index contributed by atoms with van der Waals surface area (Å²) < 4.78 is 7.06. The van der Waals surface area contributed by atoms with E-state index < -0.39 is 0 Å². The molecule has 19 heavy (non-hydrogen) atoms. The third-order valence-electron chi connectivity index (χ3n) is 3.33. The summed E-state index contributed by atoms with van der Waals surface area (Å²) >= 11 is 9.49. The van der Waals surface area contributed by atoms with E-state index in [1.54, 1.807) is 0 Å². The van der Waals surface area contributed by atoms with Crippen LogP contribution in [0.1, 0.15) is 29.7 Å². The lowest BCUT2D eigenvalue weighted by Crippen LogP contribution is -2.24. The van der Waals surface area contributed by atoms with Crippen LogP contribution in [-0.4, -0.2) is 0 Å². The molecule has 0 aromatic heterocycles. The highest BCUT2D eigenvalue weighted by molar-refractivity contribution is 9.10. The molecule has 2 aromatic rings. The van der Waals surface area contributed by atoms with Crippen LogP contribution < -0.4 is 10.5 Å². The summed E-state index contributed by atoms with van der Waals surface area (Å²) in [5.41, 5.74) is 8.36. The van der Waals surface area contributed by atoms with E-state index in [2.05, 4.69) is 15.9 Å². The fourth-order valence-corrected chi connectivity index (χ4v) is 2.96. The average molecular weight is 339 g/mol. The molecule has 98 valence electrons. The van der Waals surface area contributed by atoms with Crippen molar-refractivity contribution in [2.75, 3.05) is 0 Å². The third-order valence-corrected chi connectivity index (χ3v) is 4.06. The lowest BCUT2D eigenvalue weighted by atomic mass is 9.94. The van der Waals surface area contributed by atoms with Crippen molar-refractivity contribution in [2.45, 2.75) is 18.6 Å². The van der Waals surface area contributed by atoms with Crippen molar-refractivity contribution in [1.29, 1.82) is 0 Å². The molecular formula is C15H13BrClNO. The number of hydrogen-bond acceptors (Lipinski definition) is 2. The van der Waals surface area contributed by atoms with Crippen LogP contribution in [0.5, 0.6) is 5.75 Å². The number of fused-ring (bicyclic) bond motifs is 1. The van der Waals surface area contributed by atoms with Crippen molar-refractivity contribution in [3.05, 3.63) is 63.1 Å². The minimum absolute atomic E-state index is 0.0229. The molecule has 2 aromatic carbocycles. The van der Waals surface area contributed by atoms with Gasteiger partial charge in [0.2, 0.25) is 0 Å². The Morgan fingerprint density at radius 1 is 1.21 bits per heavy atom. The van der Waals surface area contributed by atoms with E-state index in [1.807, 2.05) is 42.5 Å². The van der Waals surface area contributed by atoms with E-state index in [4.69, 9.17) is 22.1 Å². The lowest BCUT2D eigenvalue weighted by Gasteiger charge is -2.30. The molecule has 0 aliphatic carbocycles. The Balaban J connectivity index is 1.95. The zero-order valence-corrected chi connectivity index (χ0v) is 12.5. The quantitative estimate of drug-likeness (QED) is 0.823. The normalized spacial score (nSPS) is 21.6. The van der Waals surface area contributed by atoms with Gasteiger partial charge in [0.15, 0.2) is 0 Å². The second-order valence-electron chi connectivity index (χ2n) is 4.69. The van der Waals surface area contributed by atoms with Gasteiger partial charge in [0.25, 0.3) is 0 Å². The van der Waals surface area contributed by atoms with E-state index in [0.717, 1.165) is 32.8 Å². The van der Waals surface area contributed by atoms with Crippen LogP contribution in [0, 0.1) is 0 Å². The van der Waals surface area contributed by atoms with Crippen molar-refractivity contribution in [1.82, 2.24) is 0 Å². The Kier molecular flexibility index (Phi) is 3.52. The Hall–Kier alpha value is -1.03. The van der Waals surface area contributed by atoms with Gasteiger partial charge >= 0.3 is 0 Å². The van der Waals surface area contributed by atoms with E-state index >= 15 is 0 Å². The Bertz CT molecular complexity index is 617. The minimum Gasteiger partial charge on any atom is -0.485 e. The molecule has 1 aliphatic heterocycles. The molecule has 1 aliphatic rings.